The van der Waals surface area contributed by atoms with E-state index in [1.54, 1.807) is 24.0 Å². The van der Waals surface area contributed by atoms with E-state index in [1.165, 1.54) is 12.8 Å². The number of hydrogen-bond donors (Lipinski definition) is 1. The maximum Gasteiger partial charge on any atom is 0.291 e. The number of benzene rings is 1. The van der Waals surface area contributed by atoms with Crippen LogP contribution in [0.15, 0.2) is 36.8 Å². The van der Waals surface area contributed by atoms with Gasteiger partial charge in [0.1, 0.15) is 6.07 Å². The fourth-order valence-electron chi connectivity index (χ4n) is 3.68. The molecule has 1 fully saturated rings. The molecule has 126 valence electrons. The summed E-state index contributed by atoms with van der Waals surface area (Å²) in [6, 6.07) is 8.50. The van der Waals surface area contributed by atoms with Gasteiger partial charge in [-0.15, -0.1) is 0 Å². The standard InChI is InChI=1S/C19H19N5O/c1-23-9-8-21-18(23)19(25)22-14-6-7-17-16(10-14)13(11-20)12-24(17)15-4-2-3-5-15/h6-10,12,15H,2-5H2,1H3,(H,22,25). The molecule has 0 spiro atoms. The Morgan fingerprint density at radius 1 is 1.36 bits per heavy atom. The number of fused-ring (bicyclic) bond motifs is 1. The summed E-state index contributed by atoms with van der Waals surface area (Å²) >= 11 is 0. The summed E-state index contributed by atoms with van der Waals surface area (Å²) in [6.45, 7) is 0. The van der Waals surface area contributed by atoms with E-state index < -0.39 is 0 Å². The van der Waals surface area contributed by atoms with Crippen molar-refractivity contribution in [1.29, 1.82) is 5.26 Å². The Labute approximate surface area is 145 Å². The fourth-order valence-corrected chi connectivity index (χ4v) is 3.68. The largest absolute Gasteiger partial charge is 0.343 e. The summed E-state index contributed by atoms with van der Waals surface area (Å²) in [4.78, 5) is 16.4. The third-order valence-corrected chi connectivity index (χ3v) is 4.95. The lowest BCUT2D eigenvalue weighted by Crippen LogP contribution is -2.16. The average Bonchev–Trinajstić information content (AvgIpc) is 3.33. The van der Waals surface area contributed by atoms with Gasteiger partial charge in [0.15, 0.2) is 5.82 Å². The SMILES string of the molecule is Cn1ccnc1C(=O)Nc1ccc2c(c1)c(C#N)cn2C1CCCC1. The maximum atomic E-state index is 12.3. The van der Waals surface area contributed by atoms with Gasteiger partial charge in [0.2, 0.25) is 0 Å². The first kappa shape index (κ1) is 15.5. The maximum absolute atomic E-state index is 12.3. The van der Waals surface area contributed by atoms with Crippen LogP contribution in [-0.2, 0) is 7.05 Å². The van der Waals surface area contributed by atoms with Crippen molar-refractivity contribution in [2.45, 2.75) is 31.7 Å². The first-order chi connectivity index (χ1) is 12.2. The molecule has 0 unspecified atom stereocenters. The van der Waals surface area contributed by atoms with Gasteiger partial charge < -0.3 is 14.5 Å². The predicted molar refractivity (Wildman–Crippen MR) is 95.3 cm³/mol. The van der Waals surface area contributed by atoms with Crippen LogP contribution >= 0.6 is 0 Å². The average molecular weight is 333 g/mol. The molecule has 1 amide bonds. The number of carbonyl (C=O) groups excluding carboxylic acids is 1. The van der Waals surface area contributed by atoms with Gasteiger partial charge in [-0.3, -0.25) is 4.79 Å². The van der Waals surface area contributed by atoms with E-state index in [0.717, 1.165) is 23.7 Å². The van der Waals surface area contributed by atoms with Crippen molar-refractivity contribution in [1.82, 2.24) is 14.1 Å². The predicted octanol–water partition coefficient (Wildman–Crippen LogP) is 3.61. The summed E-state index contributed by atoms with van der Waals surface area (Å²) in [6.07, 6.45) is 10.1. The molecule has 6 nitrogen and oxygen atoms in total. The van der Waals surface area contributed by atoms with Gasteiger partial charge in [0.05, 0.1) is 5.56 Å². The first-order valence-corrected chi connectivity index (χ1v) is 8.51. The van der Waals surface area contributed by atoms with E-state index in [2.05, 4.69) is 20.9 Å². The molecule has 0 bridgehead atoms. The quantitative estimate of drug-likeness (QED) is 0.795. The van der Waals surface area contributed by atoms with E-state index in [9.17, 15) is 10.1 Å². The molecule has 1 aromatic carbocycles. The van der Waals surface area contributed by atoms with Gasteiger partial charge in [0.25, 0.3) is 5.91 Å². The van der Waals surface area contributed by atoms with E-state index in [0.29, 0.717) is 23.1 Å². The van der Waals surface area contributed by atoms with Crippen LogP contribution in [0.2, 0.25) is 0 Å². The number of carbonyl (C=O) groups is 1. The second-order valence-corrected chi connectivity index (χ2v) is 6.55. The second-order valence-electron chi connectivity index (χ2n) is 6.55. The summed E-state index contributed by atoms with van der Waals surface area (Å²) in [7, 11) is 1.78. The Kier molecular flexibility index (Phi) is 3.77. The van der Waals surface area contributed by atoms with Gasteiger partial charge in [-0.1, -0.05) is 12.8 Å². The molecule has 4 rings (SSSR count). The molecule has 0 aliphatic heterocycles. The number of aryl methyl sites for hydroxylation is 1. The van der Waals surface area contributed by atoms with Crippen LogP contribution in [0.3, 0.4) is 0 Å². The Balaban J connectivity index is 1.69. The number of imidazole rings is 1. The summed E-state index contributed by atoms with van der Waals surface area (Å²) in [5.74, 6) is 0.0877. The Hall–Kier alpha value is -3.07. The van der Waals surface area contributed by atoms with Crippen molar-refractivity contribution < 1.29 is 4.79 Å². The van der Waals surface area contributed by atoms with E-state index in [1.807, 2.05) is 24.4 Å². The number of rotatable bonds is 3. The normalized spacial score (nSPS) is 14.7. The molecule has 1 saturated carbocycles. The molecule has 0 saturated heterocycles. The molecule has 3 aromatic rings. The number of nitrogens with one attached hydrogen (secondary N) is 1. The third kappa shape index (κ3) is 2.68. The van der Waals surface area contributed by atoms with Crippen LogP contribution in [0.1, 0.15) is 47.9 Å². The highest BCUT2D eigenvalue weighted by Crippen LogP contribution is 2.35. The van der Waals surface area contributed by atoms with Gasteiger partial charge in [-0.2, -0.15) is 5.26 Å². The minimum atomic E-state index is -0.263. The smallest absolute Gasteiger partial charge is 0.291 e. The van der Waals surface area contributed by atoms with Crippen molar-refractivity contribution in [2.75, 3.05) is 5.32 Å². The van der Waals surface area contributed by atoms with Crippen molar-refractivity contribution in [3.8, 4) is 6.07 Å². The number of hydrogen-bond acceptors (Lipinski definition) is 3. The zero-order valence-electron chi connectivity index (χ0n) is 14.1. The van der Waals surface area contributed by atoms with Crippen LogP contribution < -0.4 is 5.32 Å². The molecule has 6 heteroatoms. The van der Waals surface area contributed by atoms with Crippen molar-refractivity contribution in [2.24, 2.45) is 7.05 Å². The Bertz CT molecular complexity index is 985. The zero-order chi connectivity index (χ0) is 17.4. The van der Waals surface area contributed by atoms with Crippen LogP contribution in [0.25, 0.3) is 10.9 Å². The number of aromatic nitrogens is 3. The first-order valence-electron chi connectivity index (χ1n) is 8.51. The topological polar surface area (TPSA) is 75.6 Å². The van der Waals surface area contributed by atoms with Crippen molar-refractivity contribution in [3.05, 3.63) is 48.2 Å². The lowest BCUT2D eigenvalue weighted by Gasteiger charge is -2.13. The highest BCUT2D eigenvalue weighted by atomic mass is 16.2. The molecule has 2 heterocycles. The van der Waals surface area contributed by atoms with Crippen molar-refractivity contribution >= 4 is 22.5 Å². The molecule has 1 aliphatic carbocycles. The lowest BCUT2D eigenvalue weighted by molar-refractivity contribution is 0.101. The number of amides is 1. The van der Waals surface area contributed by atoms with Crippen LogP contribution in [0.5, 0.6) is 0 Å². The monoisotopic (exact) mass is 333 g/mol. The molecular formula is C19H19N5O. The second kappa shape index (κ2) is 6.10. The molecular weight excluding hydrogens is 314 g/mol. The van der Waals surface area contributed by atoms with Crippen molar-refractivity contribution in [3.63, 3.8) is 0 Å². The van der Waals surface area contributed by atoms with Gasteiger partial charge in [-0.05, 0) is 31.0 Å². The van der Waals surface area contributed by atoms with E-state index in [-0.39, 0.29) is 5.91 Å². The summed E-state index contributed by atoms with van der Waals surface area (Å²) in [5.41, 5.74) is 2.37. The fraction of sp³-hybridized carbons (Fsp3) is 0.316. The molecule has 1 N–H and O–H groups in total. The lowest BCUT2D eigenvalue weighted by atomic mass is 10.1. The van der Waals surface area contributed by atoms with E-state index >= 15 is 0 Å². The third-order valence-electron chi connectivity index (χ3n) is 4.95. The van der Waals surface area contributed by atoms with E-state index in [4.69, 9.17) is 0 Å². The molecule has 0 radical (unpaired) electrons. The zero-order valence-corrected chi connectivity index (χ0v) is 14.1. The number of anilines is 1. The minimum absolute atomic E-state index is 0.263. The van der Waals surface area contributed by atoms with Gasteiger partial charge in [-0.25, -0.2) is 4.98 Å². The number of nitriles is 1. The summed E-state index contributed by atoms with van der Waals surface area (Å²) in [5, 5.41) is 13.2. The number of nitrogens with zero attached hydrogens (tertiary/aromatic N) is 4. The van der Waals surface area contributed by atoms with Gasteiger partial charge >= 0.3 is 0 Å². The summed E-state index contributed by atoms with van der Waals surface area (Å²) < 4.78 is 3.90. The van der Waals surface area contributed by atoms with Gasteiger partial charge in [0, 0.05) is 48.3 Å². The van der Waals surface area contributed by atoms with Crippen LogP contribution in [-0.4, -0.2) is 20.0 Å². The Morgan fingerprint density at radius 3 is 2.84 bits per heavy atom. The van der Waals surface area contributed by atoms with Crippen LogP contribution in [0.4, 0.5) is 5.69 Å². The molecule has 1 aliphatic rings. The molecule has 2 aromatic heterocycles. The molecule has 25 heavy (non-hydrogen) atoms. The highest BCUT2D eigenvalue weighted by Gasteiger charge is 2.20. The highest BCUT2D eigenvalue weighted by molar-refractivity contribution is 6.03. The molecule has 0 atom stereocenters. The Morgan fingerprint density at radius 2 is 2.16 bits per heavy atom. The van der Waals surface area contributed by atoms with Crippen LogP contribution in [0, 0.1) is 11.3 Å². The minimum Gasteiger partial charge on any atom is -0.343 e.